The highest BCUT2D eigenvalue weighted by Gasteiger charge is 2.30. The van der Waals surface area contributed by atoms with Gasteiger partial charge in [0.2, 0.25) is 10.0 Å². The topological polar surface area (TPSA) is 101 Å². The Balaban J connectivity index is 1.56. The summed E-state index contributed by atoms with van der Waals surface area (Å²) in [4.78, 5) is 31.2. The number of ether oxygens (including phenoxy) is 1. The van der Waals surface area contributed by atoms with E-state index in [2.05, 4.69) is 17.0 Å². The first-order valence-electron chi connectivity index (χ1n) is 11.8. The first-order chi connectivity index (χ1) is 17.6. The van der Waals surface area contributed by atoms with E-state index in [9.17, 15) is 18.0 Å². The molecule has 37 heavy (non-hydrogen) atoms. The van der Waals surface area contributed by atoms with Crippen LogP contribution in [0.15, 0.2) is 46.3 Å². The van der Waals surface area contributed by atoms with Gasteiger partial charge in [-0.1, -0.05) is 23.3 Å². The number of fused-ring (bicyclic) bond motifs is 1. The molecule has 1 aromatic heterocycles. The number of benzene rings is 2. The normalized spacial score (nSPS) is 15.1. The fourth-order valence-corrected chi connectivity index (χ4v) is 6.94. The molecule has 0 spiro atoms. The number of thiazole rings is 1. The Morgan fingerprint density at radius 2 is 1.78 bits per heavy atom. The Labute approximate surface area is 220 Å². The number of sulfonamides is 1. The lowest BCUT2D eigenvalue weighted by molar-refractivity contribution is 0.0933. The standard InChI is InChI=1S/C26H28N4O5S2/c1-5-11-30-23-19(4)16-18(3)17-22(23)36-25(30)27-24(31)20-7-9-21(10-8-20)37(33,34)29-14-12-28(13-15-29)26(32)35-6-2/h1,7-10,16-17H,6,11-15H2,2-4H3. The monoisotopic (exact) mass is 540 g/mol. The zero-order valence-corrected chi connectivity index (χ0v) is 22.6. The van der Waals surface area contributed by atoms with Gasteiger partial charge in [-0.3, -0.25) is 4.79 Å². The number of amides is 2. The minimum atomic E-state index is -3.78. The number of nitrogens with zero attached hydrogens (tertiary/aromatic N) is 4. The SMILES string of the molecule is C#CCn1c(=NC(=O)c2ccc(S(=O)(=O)N3CCN(C(=O)OCC)CC3)cc2)sc2cc(C)cc(C)c21. The molecule has 0 unspecified atom stereocenters. The maximum atomic E-state index is 13.1. The average Bonchev–Trinajstić information content (AvgIpc) is 3.21. The molecule has 3 aromatic rings. The zero-order chi connectivity index (χ0) is 26.7. The van der Waals surface area contributed by atoms with E-state index >= 15 is 0 Å². The molecule has 1 aliphatic rings. The summed E-state index contributed by atoms with van der Waals surface area (Å²) in [6, 6.07) is 9.83. The number of piperazine rings is 1. The Kier molecular flexibility index (Phi) is 7.82. The molecule has 1 saturated heterocycles. The van der Waals surface area contributed by atoms with Gasteiger partial charge in [0.25, 0.3) is 5.91 Å². The summed E-state index contributed by atoms with van der Waals surface area (Å²) in [5.74, 6) is 2.14. The number of rotatable bonds is 5. The van der Waals surface area contributed by atoms with Gasteiger partial charge in [-0.25, -0.2) is 13.2 Å². The highest BCUT2D eigenvalue weighted by Crippen LogP contribution is 2.23. The van der Waals surface area contributed by atoms with Crippen molar-refractivity contribution >= 4 is 43.6 Å². The molecule has 0 aliphatic carbocycles. The summed E-state index contributed by atoms with van der Waals surface area (Å²) < 4.78 is 35.3. The van der Waals surface area contributed by atoms with Crippen LogP contribution in [0.25, 0.3) is 10.2 Å². The number of hydrogen-bond donors (Lipinski definition) is 0. The summed E-state index contributed by atoms with van der Waals surface area (Å²) in [6.45, 7) is 7.09. The number of aromatic nitrogens is 1. The van der Waals surface area contributed by atoms with Crippen LogP contribution in [-0.2, 0) is 21.3 Å². The predicted molar refractivity (Wildman–Crippen MR) is 142 cm³/mol. The van der Waals surface area contributed by atoms with E-state index in [1.54, 1.807) is 6.92 Å². The van der Waals surface area contributed by atoms with Crippen molar-refractivity contribution < 1.29 is 22.7 Å². The summed E-state index contributed by atoms with van der Waals surface area (Å²) in [7, 11) is -3.78. The van der Waals surface area contributed by atoms with Crippen molar-refractivity contribution in [2.24, 2.45) is 4.99 Å². The highest BCUT2D eigenvalue weighted by atomic mass is 32.2. The van der Waals surface area contributed by atoms with Gasteiger partial charge in [0.15, 0.2) is 4.80 Å². The molecule has 11 heteroatoms. The van der Waals surface area contributed by atoms with Crippen LogP contribution in [0.2, 0.25) is 0 Å². The van der Waals surface area contributed by atoms with E-state index in [4.69, 9.17) is 11.2 Å². The second-order valence-electron chi connectivity index (χ2n) is 8.63. The van der Waals surface area contributed by atoms with Crippen molar-refractivity contribution in [3.63, 3.8) is 0 Å². The van der Waals surface area contributed by atoms with Gasteiger partial charge >= 0.3 is 6.09 Å². The minimum Gasteiger partial charge on any atom is -0.450 e. The fraction of sp³-hybridized carbons (Fsp3) is 0.346. The van der Waals surface area contributed by atoms with Crippen molar-refractivity contribution in [2.45, 2.75) is 32.2 Å². The van der Waals surface area contributed by atoms with E-state index in [0.717, 1.165) is 21.3 Å². The lowest BCUT2D eigenvalue weighted by Gasteiger charge is -2.33. The molecule has 2 aromatic carbocycles. The zero-order valence-electron chi connectivity index (χ0n) is 20.9. The van der Waals surface area contributed by atoms with Gasteiger partial charge in [0.1, 0.15) is 0 Å². The molecule has 2 heterocycles. The molecule has 0 atom stereocenters. The number of hydrogen-bond acceptors (Lipinski definition) is 6. The van der Waals surface area contributed by atoms with E-state index in [1.807, 2.05) is 24.5 Å². The quantitative estimate of drug-likeness (QED) is 0.463. The number of terminal acetylenes is 1. The third-order valence-electron chi connectivity index (χ3n) is 6.06. The molecule has 0 saturated carbocycles. The van der Waals surface area contributed by atoms with Crippen LogP contribution in [0.4, 0.5) is 4.79 Å². The lowest BCUT2D eigenvalue weighted by Crippen LogP contribution is -2.50. The predicted octanol–water partition coefficient (Wildman–Crippen LogP) is 3.16. The Bertz CT molecular complexity index is 1560. The minimum absolute atomic E-state index is 0.0731. The van der Waals surface area contributed by atoms with Crippen LogP contribution in [0.1, 0.15) is 28.4 Å². The van der Waals surface area contributed by atoms with Crippen LogP contribution in [0.3, 0.4) is 0 Å². The summed E-state index contributed by atoms with van der Waals surface area (Å²) in [5.41, 5.74) is 3.37. The van der Waals surface area contributed by atoms with E-state index < -0.39 is 22.0 Å². The van der Waals surface area contributed by atoms with Gasteiger partial charge in [-0.15, -0.1) is 6.42 Å². The van der Waals surface area contributed by atoms with Crippen molar-refractivity contribution in [3.05, 3.63) is 57.9 Å². The molecule has 194 valence electrons. The molecule has 4 rings (SSSR count). The Morgan fingerprint density at radius 1 is 1.11 bits per heavy atom. The molecule has 0 N–H and O–H groups in total. The first kappa shape index (κ1) is 26.6. The first-order valence-corrected chi connectivity index (χ1v) is 14.1. The van der Waals surface area contributed by atoms with Crippen molar-refractivity contribution in [3.8, 4) is 12.3 Å². The number of carbonyl (C=O) groups excluding carboxylic acids is 2. The average molecular weight is 541 g/mol. The van der Waals surface area contributed by atoms with Gasteiger partial charge in [0.05, 0.1) is 28.3 Å². The number of carbonyl (C=O) groups is 2. The molecule has 2 amide bonds. The Morgan fingerprint density at radius 3 is 2.41 bits per heavy atom. The summed E-state index contributed by atoms with van der Waals surface area (Å²) in [6.07, 6.45) is 5.13. The van der Waals surface area contributed by atoms with Crippen LogP contribution in [0, 0.1) is 26.2 Å². The van der Waals surface area contributed by atoms with Crippen LogP contribution >= 0.6 is 11.3 Å². The van der Waals surface area contributed by atoms with E-state index in [-0.39, 0.29) is 49.8 Å². The molecule has 0 bridgehead atoms. The maximum Gasteiger partial charge on any atom is 0.409 e. The van der Waals surface area contributed by atoms with Gasteiger partial charge < -0.3 is 14.2 Å². The largest absolute Gasteiger partial charge is 0.450 e. The maximum absolute atomic E-state index is 13.1. The second kappa shape index (κ2) is 10.9. The van der Waals surface area contributed by atoms with Crippen LogP contribution in [0.5, 0.6) is 0 Å². The van der Waals surface area contributed by atoms with Crippen LogP contribution < -0.4 is 4.80 Å². The second-order valence-corrected chi connectivity index (χ2v) is 11.6. The van der Waals surface area contributed by atoms with Crippen molar-refractivity contribution in [1.29, 1.82) is 0 Å². The van der Waals surface area contributed by atoms with Crippen molar-refractivity contribution in [2.75, 3.05) is 32.8 Å². The summed E-state index contributed by atoms with van der Waals surface area (Å²) in [5, 5.41) is 0. The smallest absolute Gasteiger partial charge is 0.409 e. The molecule has 1 aliphatic heterocycles. The number of aryl methyl sites for hydroxylation is 2. The third kappa shape index (κ3) is 5.46. The third-order valence-corrected chi connectivity index (χ3v) is 9.00. The van der Waals surface area contributed by atoms with Gasteiger partial charge in [-0.05, 0) is 62.2 Å². The molecule has 9 nitrogen and oxygen atoms in total. The molecular formula is C26H28N4O5S2. The summed E-state index contributed by atoms with van der Waals surface area (Å²) >= 11 is 1.39. The lowest BCUT2D eigenvalue weighted by atomic mass is 10.1. The van der Waals surface area contributed by atoms with Crippen LogP contribution in [-0.4, -0.2) is 67.0 Å². The van der Waals surface area contributed by atoms with Gasteiger partial charge in [0, 0.05) is 31.7 Å². The van der Waals surface area contributed by atoms with E-state index in [1.165, 1.54) is 44.8 Å². The highest BCUT2D eigenvalue weighted by molar-refractivity contribution is 7.89. The fourth-order valence-electron chi connectivity index (χ4n) is 4.31. The Hall–Kier alpha value is -3.46. The molecular weight excluding hydrogens is 512 g/mol. The molecule has 1 fully saturated rings. The van der Waals surface area contributed by atoms with E-state index in [0.29, 0.717) is 4.80 Å². The van der Waals surface area contributed by atoms with Gasteiger partial charge in [-0.2, -0.15) is 9.30 Å². The molecule has 0 radical (unpaired) electrons. The van der Waals surface area contributed by atoms with Crippen molar-refractivity contribution in [1.82, 2.24) is 13.8 Å².